The van der Waals surface area contributed by atoms with Crippen molar-refractivity contribution < 1.29 is 4.79 Å². The van der Waals surface area contributed by atoms with Crippen LogP contribution in [-0.2, 0) is 11.2 Å². The van der Waals surface area contributed by atoms with Gasteiger partial charge in [-0.3, -0.25) is 4.79 Å². The number of hydrogen-bond acceptors (Lipinski definition) is 3. The predicted octanol–water partition coefficient (Wildman–Crippen LogP) is 2.38. The van der Waals surface area contributed by atoms with E-state index in [1.165, 1.54) is 9.75 Å². The molecule has 0 aromatic carbocycles. The van der Waals surface area contributed by atoms with Gasteiger partial charge >= 0.3 is 0 Å². The van der Waals surface area contributed by atoms with Crippen LogP contribution in [0.4, 0.5) is 0 Å². The number of aryl methyl sites for hydroxylation is 1. The van der Waals surface area contributed by atoms with Gasteiger partial charge in [-0.25, -0.2) is 0 Å². The summed E-state index contributed by atoms with van der Waals surface area (Å²) in [5.74, 6) is 0.146. The fourth-order valence-electron chi connectivity index (χ4n) is 1.73. The summed E-state index contributed by atoms with van der Waals surface area (Å²) < 4.78 is 0. The van der Waals surface area contributed by atoms with Crippen molar-refractivity contribution in [3.05, 3.63) is 21.9 Å². The van der Waals surface area contributed by atoms with E-state index in [4.69, 9.17) is 0 Å². The molecule has 2 N–H and O–H groups in total. The second-order valence-electron chi connectivity index (χ2n) is 4.58. The normalized spacial score (nSPS) is 13.6. The van der Waals surface area contributed by atoms with Crippen LogP contribution < -0.4 is 10.6 Å². The summed E-state index contributed by atoms with van der Waals surface area (Å²) in [5, 5.41) is 6.07. The largest absolute Gasteiger partial charge is 0.353 e. The van der Waals surface area contributed by atoms with E-state index < -0.39 is 0 Å². The van der Waals surface area contributed by atoms with Crippen molar-refractivity contribution in [1.29, 1.82) is 0 Å². The summed E-state index contributed by atoms with van der Waals surface area (Å²) in [7, 11) is 1.86. The topological polar surface area (TPSA) is 41.1 Å². The third kappa shape index (κ3) is 5.85. The highest BCUT2D eigenvalue weighted by Gasteiger charge is 2.14. The van der Waals surface area contributed by atoms with Gasteiger partial charge in [0, 0.05) is 34.7 Å². The van der Waals surface area contributed by atoms with Gasteiger partial charge in [-0.15, -0.1) is 23.7 Å². The smallest absolute Gasteiger partial charge is 0.224 e. The van der Waals surface area contributed by atoms with Crippen molar-refractivity contribution in [3.63, 3.8) is 0 Å². The molecule has 2 unspecified atom stereocenters. The molecule has 1 amide bonds. The number of rotatable bonds is 6. The van der Waals surface area contributed by atoms with Gasteiger partial charge in [0.1, 0.15) is 0 Å². The average molecular weight is 291 g/mol. The van der Waals surface area contributed by atoms with Crippen molar-refractivity contribution in [2.45, 2.75) is 33.2 Å². The van der Waals surface area contributed by atoms with E-state index in [1.807, 2.05) is 14.0 Å². The maximum absolute atomic E-state index is 11.8. The molecule has 3 nitrogen and oxygen atoms in total. The Hall–Kier alpha value is -0.580. The number of hydrogen-bond donors (Lipinski definition) is 2. The first-order chi connectivity index (χ1) is 8.02. The minimum atomic E-state index is 0. The fraction of sp³-hybridized carbons (Fsp3) is 0.615. The second kappa shape index (κ2) is 8.51. The molecule has 0 aliphatic heterocycles. The average Bonchev–Trinajstić information content (AvgIpc) is 2.64. The number of halogens is 1. The van der Waals surface area contributed by atoms with E-state index in [9.17, 15) is 4.79 Å². The molecule has 18 heavy (non-hydrogen) atoms. The van der Waals surface area contributed by atoms with Crippen molar-refractivity contribution in [1.82, 2.24) is 10.6 Å². The molecule has 0 saturated carbocycles. The Labute approximate surface area is 120 Å². The van der Waals surface area contributed by atoms with Gasteiger partial charge < -0.3 is 10.6 Å². The van der Waals surface area contributed by atoms with Gasteiger partial charge in [-0.05, 0) is 33.0 Å². The molecular weight excluding hydrogens is 268 g/mol. The Morgan fingerprint density at radius 1 is 1.39 bits per heavy atom. The highest BCUT2D eigenvalue weighted by Crippen LogP contribution is 2.16. The molecule has 1 rings (SSSR count). The van der Waals surface area contributed by atoms with Crippen LogP contribution in [0, 0.1) is 12.8 Å². The van der Waals surface area contributed by atoms with Gasteiger partial charge in [-0.1, -0.05) is 6.92 Å². The minimum Gasteiger partial charge on any atom is -0.353 e. The van der Waals surface area contributed by atoms with Crippen LogP contribution >= 0.6 is 23.7 Å². The summed E-state index contributed by atoms with van der Waals surface area (Å²) in [6.07, 6.45) is 0.913. The molecule has 0 aliphatic carbocycles. The Balaban J connectivity index is 0.00000289. The minimum absolute atomic E-state index is 0. The third-order valence-corrected chi connectivity index (χ3v) is 3.67. The number of thiophene rings is 1. The molecule has 5 heteroatoms. The zero-order valence-corrected chi connectivity index (χ0v) is 13.1. The van der Waals surface area contributed by atoms with Gasteiger partial charge in [-0.2, -0.15) is 0 Å². The monoisotopic (exact) mass is 290 g/mol. The molecular formula is C13H23ClN2OS. The predicted molar refractivity (Wildman–Crippen MR) is 80.7 cm³/mol. The quantitative estimate of drug-likeness (QED) is 0.845. The molecule has 104 valence electrons. The summed E-state index contributed by atoms with van der Waals surface area (Å²) in [6, 6.07) is 4.46. The molecule has 0 aliphatic rings. The van der Waals surface area contributed by atoms with Crippen LogP contribution in [0.25, 0.3) is 0 Å². The van der Waals surface area contributed by atoms with Crippen molar-refractivity contribution >= 4 is 29.7 Å². The number of nitrogens with one attached hydrogen (secondary N) is 2. The zero-order chi connectivity index (χ0) is 12.8. The molecule has 0 bridgehead atoms. The van der Waals surface area contributed by atoms with Crippen LogP contribution in [0.5, 0.6) is 0 Å². The fourth-order valence-corrected chi connectivity index (χ4v) is 2.75. The highest BCUT2D eigenvalue weighted by atomic mass is 35.5. The lowest BCUT2D eigenvalue weighted by atomic mass is 10.1. The highest BCUT2D eigenvalue weighted by molar-refractivity contribution is 7.11. The first-order valence-corrected chi connectivity index (χ1v) is 6.85. The molecule has 1 aromatic heterocycles. The number of amides is 1. The van der Waals surface area contributed by atoms with Crippen molar-refractivity contribution in [2.75, 3.05) is 13.6 Å². The van der Waals surface area contributed by atoms with Gasteiger partial charge in [0.2, 0.25) is 5.91 Å². The maximum Gasteiger partial charge on any atom is 0.224 e. The molecule has 1 heterocycles. The van der Waals surface area contributed by atoms with Crippen molar-refractivity contribution in [2.24, 2.45) is 5.92 Å². The Morgan fingerprint density at radius 3 is 2.56 bits per heavy atom. The molecule has 2 atom stereocenters. The summed E-state index contributed by atoms with van der Waals surface area (Å²) >= 11 is 1.80. The lowest BCUT2D eigenvalue weighted by Gasteiger charge is -2.16. The van der Waals surface area contributed by atoms with E-state index in [0.717, 1.165) is 13.0 Å². The molecule has 0 saturated heterocycles. The SMILES string of the molecule is CNCC(C)C(=O)NC(C)Cc1ccc(C)s1.Cl. The maximum atomic E-state index is 11.8. The summed E-state index contributed by atoms with van der Waals surface area (Å²) in [6.45, 7) is 6.82. The molecule has 1 aromatic rings. The van der Waals surface area contributed by atoms with Gasteiger partial charge in [0.15, 0.2) is 0 Å². The lowest BCUT2D eigenvalue weighted by Crippen LogP contribution is -2.40. The summed E-state index contributed by atoms with van der Waals surface area (Å²) in [4.78, 5) is 14.4. The van der Waals surface area contributed by atoms with Crippen LogP contribution in [-0.4, -0.2) is 25.5 Å². The number of carbonyl (C=O) groups is 1. The number of carbonyl (C=O) groups excluding carboxylic acids is 1. The van der Waals surface area contributed by atoms with E-state index in [0.29, 0.717) is 0 Å². The standard InChI is InChI=1S/C13H22N2OS.ClH/c1-9(8-14-4)13(16)15-10(2)7-12-6-5-11(3)17-12;/h5-6,9-10,14H,7-8H2,1-4H3,(H,15,16);1H. The Morgan fingerprint density at radius 2 is 2.06 bits per heavy atom. The Kier molecular flexibility index (Phi) is 8.24. The van der Waals surface area contributed by atoms with Crippen LogP contribution in [0.15, 0.2) is 12.1 Å². The molecule has 0 spiro atoms. The van der Waals surface area contributed by atoms with E-state index in [1.54, 1.807) is 11.3 Å². The molecule has 0 fully saturated rings. The van der Waals surface area contributed by atoms with Crippen molar-refractivity contribution in [3.8, 4) is 0 Å². The summed E-state index contributed by atoms with van der Waals surface area (Å²) in [5.41, 5.74) is 0. The first-order valence-electron chi connectivity index (χ1n) is 6.03. The van der Waals surface area contributed by atoms with E-state index in [-0.39, 0.29) is 30.3 Å². The lowest BCUT2D eigenvalue weighted by molar-refractivity contribution is -0.124. The second-order valence-corrected chi connectivity index (χ2v) is 5.96. The van der Waals surface area contributed by atoms with E-state index >= 15 is 0 Å². The Bertz CT molecular complexity index is 368. The van der Waals surface area contributed by atoms with Gasteiger partial charge in [0.25, 0.3) is 0 Å². The van der Waals surface area contributed by atoms with E-state index in [2.05, 4.69) is 36.6 Å². The van der Waals surface area contributed by atoms with Crippen LogP contribution in [0.1, 0.15) is 23.6 Å². The van der Waals surface area contributed by atoms with Crippen LogP contribution in [0.3, 0.4) is 0 Å². The molecule has 0 radical (unpaired) electrons. The van der Waals surface area contributed by atoms with Crippen LogP contribution in [0.2, 0.25) is 0 Å². The first kappa shape index (κ1) is 17.4. The third-order valence-electron chi connectivity index (χ3n) is 2.65. The van der Waals surface area contributed by atoms with Gasteiger partial charge in [0.05, 0.1) is 0 Å². The zero-order valence-electron chi connectivity index (χ0n) is 11.4.